The molecule has 5 rings (SSSR count). The van der Waals surface area contributed by atoms with Crippen LogP contribution in [-0.4, -0.2) is 82.6 Å². The maximum atomic E-state index is 15.4. The summed E-state index contributed by atoms with van der Waals surface area (Å²) in [7, 11) is 1.30. The molecule has 0 saturated heterocycles. The zero-order chi connectivity index (χ0) is 36.9. The Morgan fingerprint density at radius 1 is 1.02 bits per heavy atom. The monoisotopic (exact) mass is 773 g/mol. The number of amides is 3. The van der Waals surface area contributed by atoms with Crippen molar-refractivity contribution in [2.75, 3.05) is 20.3 Å². The summed E-state index contributed by atoms with van der Waals surface area (Å²) in [6, 6.07) is 20.4. The number of carbonyl (C=O) groups excluding carboxylic acids is 5. The quantitative estimate of drug-likeness (QED) is 0.207. The van der Waals surface area contributed by atoms with Crippen LogP contribution in [0.2, 0.25) is 0 Å². The minimum Gasteiger partial charge on any atom is -1.00 e. The second kappa shape index (κ2) is 16.4. The molecule has 1 aromatic heterocycles. The molecule has 0 unspecified atom stereocenters. The highest BCUT2D eigenvalue weighted by Crippen LogP contribution is 2.41. The summed E-state index contributed by atoms with van der Waals surface area (Å²) in [6.45, 7) is 8.63. The molecule has 0 spiro atoms. The van der Waals surface area contributed by atoms with Gasteiger partial charge in [-0.3, -0.25) is 24.1 Å². The first-order valence-electron chi connectivity index (χ1n) is 16.8. The molecular formula is C39H44BrN5O7. The minimum atomic E-state index is -1.90. The average molecular weight is 775 g/mol. The molecule has 0 radical (unpaired) electrons. The Morgan fingerprint density at radius 2 is 1.63 bits per heavy atom. The van der Waals surface area contributed by atoms with Gasteiger partial charge in [0, 0.05) is 24.8 Å². The molecule has 0 saturated carbocycles. The van der Waals surface area contributed by atoms with Crippen molar-refractivity contribution in [3.63, 3.8) is 0 Å². The number of nitrogens with one attached hydrogen (secondary N) is 1. The summed E-state index contributed by atoms with van der Waals surface area (Å²) in [5.74, 6) is -2.72. The van der Waals surface area contributed by atoms with Crippen LogP contribution in [0.15, 0.2) is 96.4 Å². The van der Waals surface area contributed by atoms with E-state index in [4.69, 9.17) is 14.5 Å². The lowest BCUT2D eigenvalue weighted by Gasteiger charge is -2.49. The highest BCUT2D eigenvalue weighted by molar-refractivity contribution is 6.17. The molecule has 2 aliphatic rings. The van der Waals surface area contributed by atoms with Crippen LogP contribution < -0.4 is 26.9 Å². The normalized spacial score (nSPS) is 17.6. The number of halogens is 1. The molecule has 2 atom stereocenters. The number of carbonyl (C=O) groups is 5. The van der Waals surface area contributed by atoms with E-state index >= 15 is 4.79 Å². The van der Waals surface area contributed by atoms with Gasteiger partial charge in [-0.1, -0.05) is 74.5 Å². The lowest BCUT2D eigenvalue weighted by molar-refractivity contribution is -0.685. The van der Waals surface area contributed by atoms with Gasteiger partial charge in [0.2, 0.25) is 18.0 Å². The maximum Gasteiger partial charge on any atom is 0.372 e. The second-order valence-corrected chi connectivity index (χ2v) is 13.7. The summed E-state index contributed by atoms with van der Waals surface area (Å²) >= 11 is 0. The van der Waals surface area contributed by atoms with E-state index in [0.717, 1.165) is 5.56 Å². The van der Waals surface area contributed by atoms with Crippen molar-refractivity contribution < 1.29 is 55.0 Å². The van der Waals surface area contributed by atoms with Gasteiger partial charge in [-0.2, -0.15) is 4.57 Å². The van der Waals surface area contributed by atoms with Crippen LogP contribution in [-0.2, 0) is 41.6 Å². The third kappa shape index (κ3) is 8.31. The number of ketones is 1. The minimum absolute atomic E-state index is 0. The van der Waals surface area contributed by atoms with Gasteiger partial charge in [-0.25, -0.2) is 9.79 Å². The molecule has 274 valence electrons. The number of aliphatic imine (C=N–C) groups is 1. The van der Waals surface area contributed by atoms with E-state index in [1.54, 1.807) is 59.6 Å². The summed E-state index contributed by atoms with van der Waals surface area (Å²) < 4.78 is 12.6. The number of aromatic nitrogens is 1. The van der Waals surface area contributed by atoms with Gasteiger partial charge in [0.1, 0.15) is 18.4 Å². The van der Waals surface area contributed by atoms with Gasteiger partial charge in [0.15, 0.2) is 12.4 Å². The first-order chi connectivity index (χ1) is 24.3. The summed E-state index contributed by atoms with van der Waals surface area (Å²) in [5.41, 5.74) is -0.789. The Hall–Kier alpha value is -5.17. The van der Waals surface area contributed by atoms with Gasteiger partial charge in [-0.05, 0) is 37.8 Å². The molecule has 52 heavy (non-hydrogen) atoms. The first-order valence-corrected chi connectivity index (χ1v) is 16.8. The second-order valence-electron chi connectivity index (χ2n) is 13.7. The van der Waals surface area contributed by atoms with Crippen molar-refractivity contribution in [1.29, 1.82) is 0 Å². The van der Waals surface area contributed by atoms with Crippen LogP contribution in [0.4, 0.5) is 0 Å². The number of esters is 1. The molecule has 2 aliphatic heterocycles. The lowest BCUT2D eigenvalue weighted by atomic mass is 9.83. The van der Waals surface area contributed by atoms with E-state index in [0.29, 0.717) is 5.56 Å². The number of benzene rings is 2. The predicted molar refractivity (Wildman–Crippen MR) is 189 cm³/mol. The van der Waals surface area contributed by atoms with Crippen LogP contribution in [0.25, 0.3) is 5.70 Å². The van der Waals surface area contributed by atoms with Crippen LogP contribution >= 0.6 is 0 Å². The van der Waals surface area contributed by atoms with Crippen molar-refractivity contribution >= 4 is 41.1 Å². The molecular weight excluding hydrogens is 730 g/mol. The number of methoxy groups -OCH3 is 1. The van der Waals surface area contributed by atoms with Crippen molar-refractivity contribution in [3.8, 4) is 0 Å². The summed E-state index contributed by atoms with van der Waals surface area (Å²) in [5, 5.41) is 2.78. The van der Waals surface area contributed by atoms with Crippen molar-refractivity contribution in [1.82, 2.24) is 15.1 Å². The third-order valence-electron chi connectivity index (χ3n) is 8.77. The van der Waals surface area contributed by atoms with Gasteiger partial charge in [-0.15, -0.1) is 0 Å². The van der Waals surface area contributed by atoms with Crippen molar-refractivity contribution in [2.24, 2.45) is 10.9 Å². The Labute approximate surface area is 314 Å². The van der Waals surface area contributed by atoms with E-state index in [1.807, 2.05) is 64.1 Å². The maximum absolute atomic E-state index is 15.4. The van der Waals surface area contributed by atoms with Crippen LogP contribution in [0.5, 0.6) is 0 Å². The first kappa shape index (κ1) is 39.6. The zero-order valence-corrected chi connectivity index (χ0v) is 31.8. The highest BCUT2D eigenvalue weighted by Gasteiger charge is 2.59. The Bertz CT molecular complexity index is 1860. The zero-order valence-electron chi connectivity index (χ0n) is 30.2. The predicted octanol–water partition coefficient (Wildman–Crippen LogP) is 0.353. The lowest BCUT2D eigenvalue weighted by Crippen LogP contribution is -3.00. The summed E-state index contributed by atoms with van der Waals surface area (Å²) in [4.78, 5) is 76.4. The molecule has 2 aromatic carbocycles. The topological polar surface area (TPSA) is 139 Å². The average Bonchev–Trinajstić information content (AvgIpc) is 3.49. The van der Waals surface area contributed by atoms with E-state index in [9.17, 15) is 19.2 Å². The number of nitrogens with zero attached hydrogens (tertiary/aromatic N) is 4. The number of hydrogen-bond acceptors (Lipinski definition) is 8. The largest absolute Gasteiger partial charge is 1.00 e. The standard InChI is InChI=1S/C39H43N5O7.BrH/c1-26(2)33-35(48)44(39(36(49)40-22-27(3)45,21-28-13-9-7-10-14-28)37-41-38(4,5)25-51-37)31(29-15-11-8-12-16-29)23-43(33)34(47)30-17-19-42(20-18-30)24-32(46)50-6;/h7-20,23,26,33H,21-22,24-25H2,1-6H3;1H/t33-,39-;/m1./s1. The summed E-state index contributed by atoms with van der Waals surface area (Å²) in [6.07, 6.45) is 4.75. The third-order valence-corrected chi connectivity index (χ3v) is 8.77. The fourth-order valence-electron chi connectivity index (χ4n) is 6.27. The van der Waals surface area contributed by atoms with Gasteiger partial charge in [0.05, 0.1) is 30.5 Å². The Kier molecular flexibility index (Phi) is 12.5. The molecule has 0 bridgehead atoms. The number of ether oxygens (including phenoxy) is 2. The van der Waals surface area contributed by atoms with Gasteiger partial charge < -0.3 is 36.7 Å². The molecule has 13 heteroatoms. The number of hydrogen-bond donors (Lipinski definition) is 1. The van der Waals surface area contributed by atoms with Crippen LogP contribution in [0, 0.1) is 5.92 Å². The van der Waals surface area contributed by atoms with Crippen molar-refractivity contribution in [3.05, 3.63) is 108 Å². The highest BCUT2D eigenvalue weighted by atomic mass is 79.9. The number of pyridine rings is 1. The molecule has 1 N–H and O–H groups in total. The van der Waals surface area contributed by atoms with E-state index in [2.05, 4.69) is 5.32 Å². The van der Waals surface area contributed by atoms with Crippen LogP contribution in [0.3, 0.4) is 0 Å². The van der Waals surface area contributed by atoms with E-state index in [1.165, 1.54) is 23.8 Å². The molecule has 3 aromatic rings. The molecule has 3 heterocycles. The fraction of sp³-hybridized carbons (Fsp3) is 0.359. The molecule has 12 nitrogen and oxygen atoms in total. The van der Waals surface area contributed by atoms with E-state index < -0.39 is 46.7 Å². The van der Waals surface area contributed by atoms with Crippen LogP contribution in [0.1, 0.15) is 56.1 Å². The molecule has 3 amide bonds. The smallest absolute Gasteiger partial charge is 0.372 e. The van der Waals surface area contributed by atoms with E-state index in [-0.39, 0.29) is 66.0 Å². The number of Topliss-reactive ketones (excluding diaryl/α,β-unsaturated/α-hetero) is 1. The number of rotatable bonds is 12. The fourth-order valence-corrected chi connectivity index (χ4v) is 6.27. The molecule has 0 aliphatic carbocycles. The molecule has 0 fully saturated rings. The van der Waals surface area contributed by atoms with Gasteiger partial charge in [0.25, 0.3) is 17.7 Å². The van der Waals surface area contributed by atoms with Gasteiger partial charge >= 0.3 is 5.97 Å². The Morgan fingerprint density at radius 3 is 2.17 bits per heavy atom. The SMILES string of the molecule is COC(=O)C[n+]1ccc(C(=O)N2C=C(c3ccccc3)N([C@](Cc3ccccc3)(C(=O)NCC(C)=O)C3=NC(C)(C)CO3)C(=O)[C@H]2C(C)C)cc1.[Br-]. The Balaban J connectivity index is 0.00000605. The van der Waals surface area contributed by atoms with Crippen molar-refractivity contribution in [2.45, 2.75) is 64.7 Å².